The van der Waals surface area contributed by atoms with E-state index in [1.165, 1.54) is 6.07 Å². The number of rotatable bonds is 5. The second kappa shape index (κ2) is 10.3. The third-order valence-electron chi connectivity index (χ3n) is 6.89. The number of alkyl halides is 3. The summed E-state index contributed by atoms with van der Waals surface area (Å²) in [7, 11) is 0. The normalized spacial score (nSPS) is 18.0. The van der Waals surface area contributed by atoms with Crippen LogP contribution in [-0.4, -0.2) is 64.9 Å². The molecule has 1 aromatic carbocycles. The molecule has 0 radical (unpaired) electrons. The van der Waals surface area contributed by atoms with Gasteiger partial charge in [-0.2, -0.15) is 13.2 Å². The van der Waals surface area contributed by atoms with E-state index in [-0.39, 0.29) is 11.8 Å². The molecule has 1 amide bonds. The fourth-order valence-corrected chi connectivity index (χ4v) is 4.81. The van der Waals surface area contributed by atoms with Gasteiger partial charge in [-0.05, 0) is 50.2 Å². The number of likely N-dealkylation sites (tertiary alicyclic amines) is 1. The predicted molar refractivity (Wildman–Crippen MR) is 128 cm³/mol. The smallest absolute Gasteiger partial charge is 0.417 e. The van der Waals surface area contributed by atoms with Gasteiger partial charge in [-0.25, -0.2) is 9.97 Å². The second-order valence-corrected chi connectivity index (χ2v) is 9.28. The molecule has 5 rings (SSSR count). The molecule has 10 heteroatoms. The second-order valence-electron chi connectivity index (χ2n) is 9.28. The number of halogens is 3. The van der Waals surface area contributed by atoms with Crippen molar-refractivity contribution >= 4 is 11.7 Å². The van der Waals surface area contributed by atoms with Crippen molar-refractivity contribution < 1.29 is 22.4 Å². The minimum atomic E-state index is -4.40. The van der Waals surface area contributed by atoms with Crippen LogP contribution in [0.1, 0.15) is 24.1 Å². The van der Waals surface area contributed by atoms with Gasteiger partial charge in [-0.15, -0.1) is 0 Å². The topological polar surface area (TPSA) is 65.7 Å². The summed E-state index contributed by atoms with van der Waals surface area (Å²) in [6, 6.07) is 12.2. The van der Waals surface area contributed by atoms with Crippen molar-refractivity contribution in [3.8, 4) is 11.5 Å². The Morgan fingerprint density at radius 1 is 0.972 bits per heavy atom. The Balaban J connectivity index is 1.08. The molecule has 7 nitrogen and oxygen atoms in total. The van der Waals surface area contributed by atoms with Crippen molar-refractivity contribution in [2.24, 2.45) is 5.92 Å². The maximum atomic E-state index is 13.1. The van der Waals surface area contributed by atoms with Crippen LogP contribution in [0.4, 0.5) is 19.0 Å². The molecule has 0 spiro atoms. The number of piperazine rings is 1. The quantitative estimate of drug-likeness (QED) is 0.521. The fourth-order valence-electron chi connectivity index (χ4n) is 4.81. The third kappa shape index (κ3) is 5.53. The molecule has 2 aromatic heterocycles. The van der Waals surface area contributed by atoms with Gasteiger partial charge < -0.3 is 14.2 Å². The zero-order valence-corrected chi connectivity index (χ0v) is 19.8. The first-order valence-corrected chi connectivity index (χ1v) is 12.2. The molecule has 4 heterocycles. The van der Waals surface area contributed by atoms with Crippen molar-refractivity contribution in [2.75, 3.05) is 44.2 Å². The van der Waals surface area contributed by atoms with Crippen LogP contribution in [0.3, 0.4) is 0 Å². The number of hydrogen-bond donors (Lipinski definition) is 0. The SMILES string of the molecule is O=C(C1CCN(Cc2coc(-c3ccccc3)n2)CC1)N1CCN(c2ccc(C(F)(F)F)cn2)CC1. The number of pyridine rings is 1. The average Bonchev–Trinajstić information content (AvgIpc) is 3.37. The molecule has 3 aromatic rings. The van der Waals surface area contributed by atoms with Gasteiger partial charge in [-0.1, -0.05) is 18.2 Å². The molecular weight excluding hydrogens is 471 g/mol. The highest BCUT2D eigenvalue weighted by atomic mass is 19.4. The van der Waals surface area contributed by atoms with E-state index in [1.807, 2.05) is 40.1 Å². The maximum absolute atomic E-state index is 13.1. The van der Waals surface area contributed by atoms with Crippen LogP contribution in [-0.2, 0) is 17.5 Å². The van der Waals surface area contributed by atoms with Crippen LogP contribution in [0.5, 0.6) is 0 Å². The van der Waals surface area contributed by atoms with Gasteiger partial charge >= 0.3 is 6.18 Å². The Morgan fingerprint density at radius 3 is 2.33 bits per heavy atom. The summed E-state index contributed by atoms with van der Waals surface area (Å²) in [6.07, 6.45) is -0.245. The van der Waals surface area contributed by atoms with Crippen LogP contribution in [0.15, 0.2) is 59.3 Å². The third-order valence-corrected chi connectivity index (χ3v) is 6.89. The van der Waals surface area contributed by atoms with Gasteiger partial charge in [0.15, 0.2) is 0 Å². The number of piperidine rings is 1. The van der Waals surface area contributed by atoms with E-state index in [9.17, 15) is 18.0 Å². The number of carbonyl (C=O) groups excluding carboxylic acids is 1. The Labute approximate surface area is 207 Å². The molecule has 2 aliphatic rings. The lowest BCUT2D eigenvalue weighted by molar-refractivity contribution is -0.138. The van der Waals surface area contributed by atoms with Gasteiger partial charge in [0.2, 0.25) is 11.8 Å². The summed E-state index contributed by atoms with van der Waals surface area (Å²) in [6.45, 7) is 4.53. The molecule has 0 atom stereocenters. The molecule has 2 fully saturated rings. The lowest BCUT2D eigenvalue weighted by atomic mass is 9.95. The molecule has 0 saturated carbocycles. The number of benzene rings is 1. The molecule has 36 heavy (non-hydrogen) atoms. The maximum Gasteiger partial charge on any atom is 0.417 e. The van der Waals surface area contributed by atoms with E-state index >= 15 is 0 Å². The Morgan fingerprint density at radius 2 is 1.69 bits per heavy atom. The number of carbonyl (C=O) groups is 1. The molecule has 2 aliphatic heterocycles. The number of amides is 1. The van der Waals surface area contributed by atoms with Crippen LogP contribution in [0.2, 0.25) is 0 Å². The van der Waals surface area contributed by atoms with Crippen molar-refractivity contribution in [1.82, 2.24) is 19.8 Å². The van der Waals surface area contributed by atoms with E-state index in [4.69, 9.17) is 4.42 Å². The fraction of sp³-hybridized carbons (Fsp3) is 0.423. The van der Waals surface area contributed by atoms with E-state index in [2.05, 4.69) is 14.9 Å². The number of anilines is 1. The molecule has 2 saturated heterocycles. The highest BCUT2D eigenvalue weighted by molar-refractivity contribution is 5.79. The van der Waals surface area contributed by atoms with Crippen molar-refractivity contribution in [1.29, 1.82) is 0 Å². The first-order chi connectivity index (χ1) is 17.4. The molecule has 0 N–H and O–H groups in total. The van der Waals surface area contributed by atoms with E-state index in [0.29, 0.717) is 44.4 Å². The highest BCUT2D eigenvalue weighted by Gasteiger charge is 2.32. The summed E-state index contributed by atoms with van der Waals surface area (Å²) < 4.78 is 43.9. The average molecular weight is 500 g/mol. The van der Waals surface area contributed by atoms with Crippen LogP contribution in [0, 0.1) is 5.92 Å². The Kier molecular flexibility index (Phi) is 6.95. The number of nitrogens with zero attached hydrogens (tertiary/aromatic N) is 5. The van der Waals surface area contributed by atoms with Crippen LogP contribution >= 0.6 is 0 Å². The Hall–Kier alpha value is -3.40. The van der Waals surface area contributed by atoms with Crippen molar-refractivity contribution in [2.45, 2.75) is 25.6 Å². The van der Waals surface area contributed by atoms with E-state index in [0.717, 1.165) is 49.5 Å². The summed E-state index contributed by atoms with van der Waals surface area (Å²) in [5.41, 5.74) is 1.07. The first-order valence-electron chi connectivity index (χ1n) is 12.2. The van der Waals surface area contributed by atoms with Crippen LogP contribution in [0.25, 0.3) is 11.5 Å². The molecule has 0 bridgehead atoms. The lowest BCUT2D eigenvalue weighted by Gasteiger charge is -2.39. The number of aromatic nitrogens is 2. The predicted octanol–water partition coefficient (Wildman–Crippen LogP) is 4.32. The summed E-state index contributed by atoms with van der Waals surface area (Å²) in [5, 5.41) is 0. The lowest BCUT2D eigenvalue weighted by Crippen LogP contribution is -2.51. The minimum Gasteiger partial charge on any atom is -0.444 e. The summed E-state index contributed by atoms with van der Waals surface area (Å²) in [5.74, 6) is 1.28. The van der Waals surface area contributed by atoms with E-state index < -0.39 is 11.7 Å². The molecule has 190 valence electrons. The van der Waals surface area contributed by atoms with Crippen molar-refractivity contribution in [3.05, 3.63) is 66.2 Å². The monoisotopic (exact) mass is 499 g/mol. The van der Waals surface area contributed by atoms with Gasteiger partial charge in [-0.3, -0.25) is 9.69 Å². The zero-order chi connectivity index (χ0) is 25.1. The molecule has 0 unspecified atom stereocenters. The standard InChI is InChI=1S/C26H28F3N5O2/c27-26(28,29)21-6-7-23(30-16-21)33-12-14-34(15-13-33)25(35)20-8-10-32(11-9-20)17-22-18-36-24(31-22)19-4-2-1-3-5-19/h1-7,16,18,20H,8-15,17H2. The van der Waals surface area contributed by atoms with Gasteiger partial charge in [0.05, 0.1) is 11.3 Å². The molecule has 0 aliphatic carbocycles. The highest BCUT2D eigenvalue weighted by Crippen LogP contribution is 2.30. The largest absolute Gasteiger partial charge is 0.444 e. The number of hydrogen-bond acceptors (Lipinski definition) is 6. The zero-order valence-electron chi connectivity index (χ0n) is 19.8. The first kappa shape index (κ1) is 24.3. The van der Waals surface area contributed by atoms with Gasteiger partial charge in [0, 0.05) is 50.4 Å². The van der Waals surface area contributed by atoms with Gasteiger partial charge in [0.1, 0.15) is 12.1 Å². The van der Waals surface area contributed by atoms with Crippen LogP contribution < -0.4 is 4.90 Å². The Bertz CT molecular complexity index is 1150. The minimum absolute atomic E-state index is 0.00539. The summed E-state index contributed by atoms with van der Waals surface area (Å²) >= 11 is 0. The van der Waals surface area contributed by atoms with Gasteiger partial charge in [0.25, 0.3) is 0 Å². The number of oxazole rings is 1. The molecular formula is C26H28F3N5O2. The van der Waals surface area contributed by atoms with E-state index in [1.54, 1.807) is 6.26 Å². The summed E-state index contributed by atoms with van der Waals surface area (Å²) in [4.78, 5) is 27.8. The van der Waals surface area contributed by atoms with Crippen molar-refractivity contribution in [3.63, 3.8) is 0 Å².